The molecule has 0 atom stereocenters. The maximum Gasteiger partial charge on any atom is 0.249 e. The van der Waals surface area contributed by atoms with Gasteiger partial charge < -0.3 is 10.2 Å². The molecule has 1 aromatic heterocycles. The van der Waals surface area contributed by atoms with E-state index >= 15 is 0 Å². The van der Waals surface area contributed by atoms with Crippen LogP contribution in [0.3, 0.4) is 0 Å². The minimum Gasteiger partial charge on any atom is -0.351 e. The maximum absolute atomic E-state index is 4.62. The zero-order valence-electron chi connectivity index (χ0n) is 14.3. The first-order valence-electron chi connectivity index (χ1n) is 8.17. The molecule has 0 amide bonds. The first-order valence-corrected chi connectivity index (χ1v) is 8.97. The van der Waals surface area contributed by atoms with Gasteiger partial charge in [-0.2, -0.15) is 10.1 Å². The largest absolute Gasteiger partial charge is 0.351 e. The number of hydrogen-bond donors (Lipinski definition) is 1. The predicted octanol–water partition coefficient (Wildman–Crippen LogP) is 4.71. The van der Waals surface area contributed by atoms with Gasteiger partial charge in [0.15, 0.2) is 5.82 Å². The Bertz CT molecular complexity index is 838. The lowest BCUT2D eigenvalue weighted by Gasteiger charge is -2.21. The van der Waals surface area contributed by atoms with E-state index in [1.165, 1.54) is 5.56 Å². The van der Waals surface area contributed by atoms with Crippen LogP contribution in [0.5, 0.6) is 0 Å². The summed E-state index contributed by atoms with van der Waals surface area (Å²) in [5.41, 5.74) is 3.32. The van der Waals surface area contributed by atoms with Crippen LogP contribution in [0.2, 0.25) is 0 Å². The molecule has 0 aliphatic heterocycles. The second kappa shape index (κ2) is 8.07. The first-order chi connectivity index (χ1) is 12.2. The summed E-state index contributed by atoms with van der Waals surface area (Å²) in [4.78, 5) is 6.79. The minimum atomic E-state index is 0.491. The van der Waals surface area contributed by atoms with Crippen LogP contribution in [-0.4, -0.2) is 21.7 Å². The van der Waals surface area contributed by atoms with Crippen LogP contribution in [0.1, 0.15) is 18.1 Å². The number of hydrogen-bond acceptors (Lipinski definition) is 5. The molecule has 1 N–H and O–H groups in total. The van der Waals surface area contributed by atoms with Crippen LogP contribution in [-0.2, 0) is 6.54 Å². The lowest BCUT2D eigenvalue weighted by atomic mass is 10.2. The smallest absolute Gasteiger partial charge is 0.249 e. The summed E-state index contributed by atoms with van der Waals surface area (Å²) < 4.78 is 1.07. The molecule has 3 aromatic rings. The fourth-order valence-corrected chi connectivity index (χ4v) is 2.76. The molecule has 0 bridgehead atoms. The van der Waals surface area contributed by atoms with E-state index in [1.54, 1.807) is 6.20 Å². The normalized spacial score (nSPS) is 10.5. The fraction of sp³-hybridized carbons (Fsp3) is 0.211. The zero-order chi connectivity index (χ0) is 17.6. The lowest BCUT2D eigenvalue weighted by molar-refractivity contribution is 0.798. The molecule has 0 unspecified atom stereocenters. The average molecular weight is 398 g/mol. The van der Waals surface area contributed by atoms with E-state index in [-0.39, 0.29) is 0 Å². The average Bonchev–Trinajstić information content (AvgIpc) is 2.64. The Kier molecular flexibility index (Phi) is 5.60. The minimum absolute atomic E-state index is 0.491. The molecule has 2 aromatic carbocycles. The lowest BCUT2D eigenvalue weighted by Crippen LogP contribution is -2.23. The summed E-state index contributed by atoms with van der Waals surface area (Å²) >= 11 is 3.51. The Morgan fingerprint density at radius 1 is 1.12 bits per heavy atom. The summed E-state index contributed by atoms with van der Waals surface area (Å²) in [5, 5.41) is 11.4. The van der Waals surface area contributed by atoms with E-state index in [9.17, 15) is 0 Å². The molecular formula is C19H20BrN5. The molecule has 0 saturated carbocycles. The summed E-state index contributed by atoms with van der Waals surface area (Å²) in [5.74, 6) is 1.29. The molecule has 128 valence electrons. The number of aromatic nitrogens is 3. The van der Waals surface area contributed by atoms with E-state index in [0.717, 1.165) is 34.6 Å². The molecule has 25 heavy (non-hydrogen) atoms. The van der Waals surface area contributed by atoms with E-state index in [2.05, 4.69) is 60.4 Å². The number of anilines is 3. The van der Waals surface area contributed by atoms with Gasteiger partial charge in [0.05, 0.1) is 6.20 Å². The second-order valence-corrected chi connectivity index (χ2v) is 6.58. The monoisotopic (exact) mass is 397 g/mol. The van der Waals surface area contributed by atoms with Gasteiger partial charge in [0.2, 0.25) is 5.95 Å². The molecule has 0 aliphatic rings. The van der Waals surface area contributed by atoms with Crippen LogP contribution >= 0.6 is 15.9 Å². The predicted molar refractivity (Wildman–Crippen MR) is 105 cm³/mol. The standard InChI is InChI=1S/C19H20BrN5/c1-3-25(13-15-7-5-4-6-8-15)18-12-21-24-19(23-18)22-16-9-10-17(20)14(2)11-16/h4-12H,3,13H2,1-2H3,(H,22,23,24). The SMILES string of the molecule is CCN(Cc1ccccc1)c1cnnc(Nc2ccc(Br)c(C)c2)n1. The summed E-state index contributed by atoms with van der Waals surface area (Å²) in [6.45, 7) is 5.77. The highest BCUT2D eigenvalue weighted by atomic mass is 79.9. The second-order valence-electron chi connectivity index (χ2n) is 5.73. The molecule has 0 radical (unpaired) electrons. The number of nitrogens with one attached hydrogen (secondary N) is 1. The molecule has 5 nitrogen and oxygen atoms in total. The third kappa shape index (κ3) is 4.54. The Hall–Kier alpha value is -2.47. The van der Waals surface area contributed by atoms with Crippen LogP contribution in [0.4, 0.5) is 17.5 Å². The van der Waals surface area contributed by atoms with Crippen molar-refractivity contribution in [3.8, 4) is 0 Å². The topological polar surface area (TPSA) is 53.9 Å². The number of nitrogens with zero attached hydrogens (tertiary/aromatic N) is 4. The Labute approximate surface area is 156 Å². The molecule has 6 heteroatoms. The van der Waals surface area contributed by atoms with E-state index in [4.69, 9.17) is 0 Å². The molecule has 0 fully saturated rings. The number of benzene rings is 2. The molecule has 3 rings (SSSR count). The van der Waals surface area contributed by atoms with Crippen molar-refractivity contribution in [3.63, 3.8) is 0 Å². The van der Waals surface area contributed by atoms with Gasteiger partial charge in [-0.15, -0.1) is 5.10 Å². The van der Waals surface area contributed by atoms with Crippen molar-refractivity contribution >= 4 is 33.4 Å². The van der Waals surface area contributed by atoms with Gasteiger partial charge in [0.1, 0.15) is 0 Å². The van der Waals surface area contributed by atoms with Crippen molar-refractivity contribution in [1.82, 2.24) is 15.2 Å². The van der Waals surface area contributed by atoms with Gasteiger partial charge in [-0.1, -0.05) is 46.3 Å². The Balaban J connectivity index is 1.78. The van der Waals surface area contributed by atoms with Gasteiger partial charge in [-0.3, -0.25) is 0 Å². The van der Waals surface area contributed by atoms with Gasteiger partial charge in [-0.25, -0.2) is 0 Å². The van der Waals surface area contributed by atoms with Gasteiger partial charge in [0, 0.05) is 23.2 Å². The molecule has 0 spiro atoms. The van der Waals surface area contributed by atoms with Gasteiger partial charge >= 0.3 is 0 Å². The van der Waals surface area contributed by atoms with Gasteiger partial charge in [-0.05, 0) is 43.2 Å². The van der Waals surface area contributed by atoms with Crippen molar-refractivity contribution in [2.45, 2.75) is 20.4 Å². The highest BCUT2D eigenvalue weighted by Gasteiger charge is 2.09. The highest BCUT2D eigenvalue weighted by Crippen LogP contribution is 2.22. The maximum atomic E-state index is 4.62. The molecule has 1 heterocycles. The fourth-order valence-electron chi connectivity index (χ4n) is 2.51. The van der Waals surface area contributed by atoms with Crippen LogP contribution in [0.15, 0.2) is 59.2 Å². The number of aryl methyl sites for hydroxylation is 1. The first kappa shape index (κ1) is 17.4. The number of halogens is 1. The van der Waals surface area contributed by atoms with E-state index in [0.29, 0.717) is 5.95 Å². The summed E-state index contributed by atoms with van der Waals surface area (Å²) in [6, 6.07) is 16.4. The molecular weight excluding hydrogens is 378 g/mol. The summed E-state index contributed by atoms with van der Waals surface area (Å²) in [7, 11) is 0. The Morgan fingerprint density at radius 3 is 2.64 bits per heavy atom. The quantitative estimate of drug-likeness (QED) is 0.652. The highest BCUT2D eigenvalue weighted by molar-refractivity contribution is 9.10. The molecule has 0 aliphatic carbocycles. The number of rotatable bonds is 6. The Morgan fingerprint density at radius 2 is 1.92 bits per heavy atom. The molecule has 0 saturated heterocycles. The van der Waals surface area contributed by atoms with Crippen molar-refractivity contribution in [2.24, 2.45) is 0 Å². The summed E-state index contributed by atoms with van der Waals surface area (Å²) in [6.07, 6.45) is 1.70. The van der Waals surface area contributed by atoms with Crippen molar-refractivity contribution in [3.05, 3.63) is 70.3 Å². The third-order valence-corrected chi connectivity index (χ3v) is 4.77. The zero-order valence-corrected chi connectivity index (χ0v) is 15.9. The van der Waals surface area contributed by atoms with Crippen molar-refractivity contribution < 1.29 is 0 Å². The van der Waals surface area contributed by atoms with E-state index < -0.39 is 0 Å². The van der Waals surface area contributed by atoms with E-state index in [1.807, 2.05) is 43.3 Å². The van der Waals surface area contributed by atoms with Gasteiger partial charge in [0.25, 0.3) is 0 Å². The third-order valence-electron chi connectivity index (χ3n) is 3.88. The van der Waals surface area contributed by atoms with Crippen molar-refractivity contribution in [1.29, 1.82) is 0 Å². The van der Waals surface area contributed by atoms with Crippen molar-refractivity contribution in [2.75, 3.05) is 16.8 Å². The van der Waals surface area contributed by atoms with Crippen LogP contribution in [0, 0.1) is 6.92 Å². The van der Waals surface area contributed by atoms with Crippen LogP contribution in [0.25, 0.3) is 0 Å². The van der Waals surface area contributed by atoms with Crippen LogP contribution < -0.4 is 10.2 Å².